The minimum Gasteiger partial charge on any atom is -0.354 e. The molecule has 1 aliphatic rings. The number of rotatable bonds is 3. The lowest BCUT2D eigenvalue weighted by molar-refractivity contribution is -0.122. The molecule has 24 heavy (non-hydrogen) atoms. The van der Waals surface area contributed by atoms with Gasteiger partial charge in [0.05, 0.1) is 23.1 Å². The molecule has 0 bridgehead atoms. The predicted molar refractivity (Wildman–Crippen MR) is 91.2 cm³/mol. The van der Waals surface area contributed by atoms with E-state index in [0.29, 0.717) is 18.5 Å². The van der Waals surface area contributed by atoms with Gasteiger partial charge in [-0.2, -0.15) is 5.10 Å². The highest BCUT2D eigenvalue weighted by Crippen LogP contribution is 2.16. The number of benzene rings is 1. The minimum atomic E-state index is -0.471. The van der Waals surface area contributed by atoms with Gasteiger partial charge >= 0.3 is 0 Å². The molecule has 1 aromatic carbocycles. The van der Waals surface area contributed by atoms with Crippen LogP contribution in [0.5, 0.6) is 0 Å². The van der Waals surface area contributed by atoms with Crippen molar-refractivity contribution < 1.29 is 9.59 Å². The fourth-order valence-corrected chi connectivity index (χ4v) is 2.97. The van der Waals surface area contributed by atoms with E-state index >= 15 is 0 Å². The summed E-state index contributed by atoms with van der Waals surface area (Å²) in [4.78, 5) is 24.5. The summed E-state index contributed by atoms with van der Waals surface area (Å²) in [7, 11) is 0. The summed E-state index contributed by atoms with van der Waals surface area (Å²) >= 11 is 0. The molecule has 0 radical (unpaired) electrons. The number of hydrogen-bond acceptors (Lipinski definition) is 3. The van der Waals surface area contributed by atoms with Crippen molar-refractivity contribution in [3.63, 3.8) is 0 Å². The van der Waals surface area contributed by atoms with Crippen LogP contribution in [0.1, 0.15) is 40.9 Å². The molecule has 1 fully saturated rings. The molecular formula is C18H22N4O2. The maximum Gasteiger partial charge on any atom is 0.255 e. The summed E-state index contributed by atoms with van der Waals surface area (Å²) in [6, 6.07) is 7.47. The molecule has 6 heteroatoms. The lowest BCUT2D eigenvalue weighted by Crippen LogP contribution is -2.45. The van der Waals surface area contributed by atoms with Crippen LogP contribution in [0.25, 0.3) is 5.69 Å². The van der Waals surface area contributed by atoms with Gasteiger partial charge in [0.15, 0.2) is 0 Å². The maximum absolute atomic E-state index is 12.6. The van der Waals surface area contributed by atoms with Crippen molar-refractivity contribution in [3.8, 4) is 5.69 Å². The fourth-order valence-electron chi connectivity index (χ4n) is 2.97. The van der Waals surface area contributed by atoms with E-state index < -0.39 is 6.04 Å². The Morgan fingerprint density at radius 1 is 1.33 bits per heavy atom. The average Bonchev–Trinajstić information content (AvgIpc) is 2.83. The van der Waals surface area contributed by atoms with Gasteiger partial charge in [0.1, 0.15) is 6.04 Å². The van der Waals surface area contributed by atoms with E-state index in [1.807, 2.05) is 38.1 Å². The molecule has 3 rings (SSSR count). The quantitative estimate of drug-likeness (QED) is 0.904. The summed E-state index contributed by atoms with van der Waals surface area (Å²) in [5, 5.41) is 10.0. The minimum absolute atomic E-state index is 0.107. The van der Waals surface area contributed by atoms with Gasteiger partial charge < -0.3 is 10.6 Å². The van der Waals surface area contributed by atoms with Gasteiger partial charge in [0.25, 0.3) is 5.91 Å². The lowest BCUT2D eigenvalue weighted by atomic mass is 10.1. The second kappa shape index (κ2) is 6.86. The number of hydrogen-bond donors (Lipinski definition) is 2. The van der Waals surface area contributed by atoms with E-state index in [0.717, 1.165) is 29.8 Å². The number of carbonyl (C=O) groups is 2. The first-order chi connectivity index (χ1) is 11.6. The zero-order valence-electron chi connectivity index (χ0n) is 14.0. The summed E-state index contributed by atoms with van der Waals surface area (Å²) in [5.74, 6) is -0.363. The Hall–Kier alpha value is -2.63. The largest absolute Gasteiger partial charge is 0.354 e. The second-order valence-corrected chi connectivity index (χ2v) is 6.21. The normalized spacial score (nSPS) is 17.9. The summed E-state index contributed by atoms with van der Waals surface area (Å²) < 4.78 is 1.75. The molecule has 0 aliphatic carbocycles. The van der Waals surface area contributed by atoms with Gasteiger partial charge in [0.2, 0.25) is 5.91 Å². The van der Waals surface area contributed by atoms with E-state index in [2.05, 4.69) is 15.7 Å². The van der Waals surface area contributed by atoms with Crippen LogP contribution in [-0.4, -0.2) is 34.2 Å². The lowest BCUT2D eigenvalue weighted by Gasteiger charge is -2.15. The van der Waals surface area contributed by atoms with Crippen molar-refractivity contribution >= 4 is 11.8 Å². The van der Waals surface area contributed by atoms with Crippen LogP contribution in [0.2, 0.25) is 0 Å². The Morgan fingerprint density at radius 2 is 2.17 bits per heavy atom. The molecule has 1 aromatic heterocycles. The van der Waals surface area contributed by atoms with Crippen LogP contribution in [0.3, 0.4) is 0 Å². The highest BCUT2D eigenvalue weighted by molar-refractivity contribution is 5.98. The Balaban J connectivity index is 1.80. The predicted octanol–water partition coefficient (Wildman–Crippen LogP) is 1.89. The smallest absolute Gasteiger partial charge is 0.255 e. The van der Waals surface area contributed by atoms with E-state index in [1.54, 1.807) is 10.9 Å². The van der Waals surface area contributed by atoms with E-state index in [-0.39, 0.29) is 11.8 Å². The topological polar surface area (TPSA) is 76.0 Å². The molecule has 1 saturated heterocycles. The first-order valence-corrected chi connectivity index (χ1v) is 8.26. The van der Waals surface area contributed by atoms with Gasteiger partial charge in [-0.05, 0) is 50.8 Å². The number of nitrogens with zero attached hydrogens (tertiary/aromatic N) is 2. The Bertz CT molecular complexity index is 766. The second-order valence-electron chi connectivity index (χ2n) is 6.21. The van der Waals surface area contributed by atoms with Crippen molar-refractivity contribution in [3.05, 3.63) is 47.3 Å². The average molecular weight is 326 g/mol. The van der Waals surface area contributed by atoms with Crippen molar-refractivity contribution in [1.82, 2.24) is 20.4 Å². The maximum atomic E-state index is 12.6. The van der Waals surface area contributed by atoms with Gasteiger partial charge in [-0.3, -0.25) is 9.59 Å². The van der Waals surface area contributed by atoms with Gasteiger partial charge in [0, 0.05) is 6.54 Å². The van der Waals surface area contributed by atoms with E-state index in [1.165, 1.54) is 0 Å². The Morgan fingerprint density at radius 3 is 2.96 bits per heavy atom. The number of aryl methyl sites for hydroxylation is 1. The van der Waals surface area contributed by atoms with Gasteiger partial charge in [-0.15, -0.1) is 0 Å². The van der Waals surface area contributed by atoms with E-state index in [9.17, 15) is 9.59 Å². The van der Waals surface area contributed by atoms with Crippen molar-refractivity contribution in [1.29, 1.82) is 0 Å². The third-order valence-electron chi connectivity index (χ3n) is 4.34. The number of amides is 2. The van der Waals surface area contributed by atoms with Gasteiger partial charge in [-0.1, -0.05) is 12.1 Å². The monoisotopic (exact) mass is 326 g/mol. The molecule has 2 amide bonds. The van der Waals surface area contributed by atoms with Crippen LogP contribution in [0.15, 0.2) is 30.5 Å². The highest BCUT2D eigenvalue weighted by atomic mass is 16.2. The molecular weight excluding hydrogens is 304 g/mol. The summed E-state index contributed by atoms with van der Waals surface area (Å²) in [6.07, 6.45) is 4.10. The number of carbonyl (C=O) groups excluding carboxylic acids is 2. The van der Waals surface area contributed by atoms with Crippen LogP contribution < -0.4 is 10.6 Å². The standard InChI is InChI=1S/C18H22N4O2/c1-12-6-5-7-14(10-12)22-13(2)15(11-20-22)17(23)21-16-8-3-4-9-19-18(16)24/h5-7,10-11,16H,3-4,8-9H2,1-2H3,(H,19,24)(H,21,23). The summed E-state index contributed by atoms with van der Waals surface area (Å²) in [5.41, 5.74) is 3.29. The van der Waals surface area contributed by atoms with Crippen LogP contribution >= 0.6 is 0 Å². The molecule has 2 heterocycles. The third kappa shape index (κ3) is 3.32. The fraction of sp³-hybridized carbons (Fsp3) is 0.389. The zero-order valence-corrected chi connectivity index (χ0v) is 14.0. The van der Waals surface area contributed by atoms with Crippen LogP contribution in [0.4, 0.5) is 0 Å². The van der Waals surface area contributed by atoms with E-state index in [4.69, 9.17) is 0 Å². The summed E-state index contributed by atoms with van der Waals surface area (Å²) in [6.45, 7) is 4.55. The number of aromatic nitrogens is 2. The molecule has 2 N–H and O–H groups in total. The zero-order chi connectivity index (χ0) is 17.1. The Kier molecular flexibility index (Phi) is 4.64. The molecule has 0 spiro atoms. The van der Waals surface area contributed by atoms with Crippen molar-refractivity contribution in [2.45, 2.75) is 39.2 Å². The first-order valence-electron chi connectivity index (χ1n) is 8.26. The van der Waals surface area contributed by atoms with Crippen molar-refractivity contribution in [2.24, 2.45) is 0 Å². The van der Waals surface area contributed by atoms with Gasteiger partial charge in [-0.25, -0.2) is 4.68 Å². The number of nitrogens with one attached hydrogen (secondary N) is 2. The molecule has 0 saturated carbocycles. The third-order valence-corrected chi connectivity index (χ3v) is 4.34. The molecule has 1 aliphatic heterocycles. The molecule has 2 aromatic rings. The molecule has 6 nitrogen and oxygen atoms in total. The molecule has 126 valence electrons. The highest BCUT2D eigenvalue weighted by Gasteiger charge is 2.24. The van der Waals surface area contributed by atoms with Crippen molar-refractivity contribution in [2.75, 3.05) is 6.54 Å². The first kappa shape index (κ1) is 16.2. The van der Waals surface area contributed by atoms with Crippen LogP contribution in [0, 0.1) is 13.8 Å². The van der Waals surface area contributed by atoms with Crippen LogP contribution in [-0.2, 0) is 4.79 Å². The SMILES string of the molecule is Cc1cccc(-n2ncc(C(=O)NC3CCCCNC3=O)c2C)c1. The molecule has 1 atom stereocenters. The molecule has 1 unspecified atom stereocenters. The Labute approximate surface area is 141 Å².